The highest BCUT2D eigenvalue weighted by atomic mass is 19.1. The van der Waals surface area contributed by atoms with E-state index in [-0.39, 0.29) is 18.3 Å². The number of aromatic nitrogens is 2. The number of benzene rings is 1. The van der Waals surface area contributed by atoms with Gasteiger partial charge in [0.15, 0.2) is 0 Å². The summed E-state index contributed by atoms with van der Waals surface area (Å²) in [5.74, 6) is -0.471. The molecule has 4 rings (SSSR count). The van der Waals surface area contributed by atoms with E-state index in [1.54, 1.807) is 17.0 Å². The first-order valence-corrected chi connectivity index (χ1v) is 8.67. The lowest BCUT2D eigenvalue weighted by molar-refractivity contribution is -0.0432. The summed E-state index contributed by atoms with van der Waals surface area (Å²) in [5.41, 5.74) is -0.583. The molecule has 2 saturated heterocycles. The second-order valence-corrected chi connectivity index (χ2v) is 7.07. The molecule has 0 aliphatic carbocycles. The molecule has 2 aliphatic heterocycles. The van der Waals surface area contributed by atoms with E-state index >= 15 is 0 Å². The number of aliphatic hydroxyl groups is 1. The number of nitrogens with zero attached hydrogens (tertiary/aromatic N) is 3. The average molecular weight is 357 g/mol. The van der Waals surface area contributed by atoms with Gasteiger partial charge in [-0.2, -0.15) is 0 Å². The van der Waals surface area contributed by atoms with Crippen molar-refractivity contribution in [1.29, 1.82) is 0 Å². The Hall–Kier alpha value is -2.38. The lowest BCUT2D eigenvalue weighted by atomic mass is 9.80. The summed E-state index contributed by atoms with van der Waals surface area (Å²) in [6, 6.07) is 5.90. The average Bonchev–Trinajstić information content (AvgIpc) is 3.00. The standard InChI is InChI=1S/C19H20FN3O3/c20-15-3-1-14(2-4-15)19(25)12-18(26-13-19)5-9-23(10-6-18)17(24)16-11-21-7-8-22-16/h1-4,7-8,11,25H,5-6,9-10,12-13H2. The van der Waals surface area contributed by atoms with Crippen molar-refractivity contribution in [2.24, 2.45) is 0 Å². The Balaban J connectivity index is 1.43. The molecule has 1 unspecified atom stereocenters. The molecule has 1 spiro atoms. The maximum absolute atomic E-state index is 13.1. The maximum Gasteiger partial charge on any atom is 0.274 e. The smallest absolute Gasteiger partial charge is 0.274 e. The van der Waals surface area contributed by atoms with E-state index in [1.807, 2.05) is 0 Å². The largest absolute Gasteiger partial charge is 0.383 e. The van der Waals surface area contributed by atoms with Crippen LogP contribution in [0, 0.1) is 5.82 Å². The minimum absolute atomic E-state index is 0.139. The minimum atomic E-state index is -1.12. The van der Waals surface area contributed by atoms with Crippen molar-refractivity contribution < 1.29 is 19.0 Å². The van der Waals surface area contributed by atoms with Gasteiger partial charge in [-0.05, 0) is 30.5 Å². The predicted octanol–water partition coefficient (Wildman–Crippen LogP) is 1.90. The molecule has 2 aromatic rings. The fraction of sp³-hybridized carbons (Fsp3) is 0.421. The van der Waals surface area contributed by atoms with Gasteiger partial charge in [-0.15, -0.1) is 0 Å². The Morgan fingerprint density at radius 3 is 2.58 bits per heavy atom. The number of carbonyl (C=O) groups is 1. The van der Waals surface area contributed by atoms with Crippen LogP contribution in [0.15, 0.2) is 42.9 Å². The van der Waals surface area contributed by atoms with Crippen molar-refractivity contribution in [2.45, 2.75) is 30.5 Å². The van der Waals surface area contributed by atoms with Crippen molar-refractivity contribution in [3.63, 3.8) is 0 Å². The van der Waals surface area contributed by atoms with Crippen LogP contribution in [0.4, 0.5) is 4.39 Å². The summed E-state index contributed by atoms with van der Waals surface area (Å²) in [5, 5.41) is 11.0. The van der Waals surface area contributed by atoms with E-state index in [2.05, 4.69) is 9.97 Å². The monoisotopic (exact) mass is 357 g/mol. The zero-order chi connectivity index (χ0) is 18.2. The molecule has 0 saturated carbocycles. The van der Waals surface area contributed by atoms with Crippen molar-refractivity contribution in [3.8, 4) is 0 Å². The molecule has 26 heavy (non-hydrogen) atoms. The summed E-state index contributed by atoms with van der Waals surface area (Å²) in [4.78, 5) is 22.2. The number of carbonyl (C=O) groups excluding carboxylic acids is 1. The molecule has 0 radical (unpaired) electrons. The van der Waals surface area contributed by atoms with E-state index in [1.165, 1.54) is 30.7 Å². The Labute approximate surface area is 150 Å². The molecular formula is C19H20FN3O3. The van der Waals surface area contributed by atoms with Gasteiger partial charge in [0.25, 0.3) is 5.91 Å². The number of halogens is 1. The third kappa shape index (κ3) is 3.08. The first-order valence-electron chi connectivity index (χ1n) is 8.67. The molecule has 136 valence electrons. The van der Waals surface area contributed by atoms with Gasteiger partial charge in [-0.3, -0.25) is 9.78 Å². The molecule has 1 aromatic carbocycles. The summed E-state index contributed by atoms with van der Waals surface area (Å²) >= 11 is 0. The predicted molar refractivity (Wildman–Crippen MR) is 90.8 cm³/mol. The van der Waals surface area contributed by atoms with Crippen molar-refractivity contribution in [1.82, 2.24) is 14.9 Å². The third-order valence-electron chi connectivity index (χ3n) is 5.36. The van der Waals surface area contributed by atoms with Crippen molar-refractivity contribution in [2.75, 3.05) is 19.7 Å². The molecular weight excluding hydrogens is 337 g/mol. The van der Waals surface area contributed by atoms with E-state index in [0.29, 0.717) is 43.6 Å². The lowest BCUT2D eigenvalue weighted by Gasteiger charge is -2.38. The van der Waals surface area contributed by atoms with Gasteiger partial charge >= 0.3 is 0 Å². The molecule has 1 aromatic heterocycles. The number of hydrogen-bond acceptors (Lipinski definition) is 5. The molecule has 2 fully saturated rings. The van der Waals surface area contributed by atoms with Crippen LogP contribution in [0.2, 0.25) is 0 Å². The van der Waals surface area contributed by atoms with E-state index in [9.17, 15) is 14.3 Å². The van der Waals surface area contributed by atoms with Crippen molar-refractivity contribution in [3.05, 3.63) is 59.9 Å². The van der Waals surface area contributed by atoms with Gasteiger partial charge in [-0.25, -0.2) is 9.37 Å². The third-order valence-corrected chi connectivity index (χ3v) is 5.36. The van der Waals surface area contributed by atoms with Crippen LogP contribution in [0.1, 0.15) is 35.3 Å². The van der Waals surface area contributed by atoms with Gasteiger partial charge < -0.3 is 14.7 Å². The van der Waals surface area contributed by atoms with Gasteiger partial charge in [0, 0.05) is 31.9 Å². The highest BCUT2D eigenvalue weighted by Gasteiger charge is 2.51. The van der Waals surface area contributed by atoms with Crippen LogP contribution in [0.5, 0.6) is 0 Å². The van der Waals surface area contributed by atoms with Crippen LogP contribution in [-0.4, -0.2) is 51.2 Å². The minimum Gasteiger partial charge on any atom is -0.383 e. The topological polar surface area (TPSA) is 75.6 Å². The molecule has 3 heterocycles. The molecule has 1 amide bonds. The highest BCUT2D eigenvalue weighted by molar-refractivity contribution is 5.92. The fourth-order valence-corrected chi connectivity index (χ4v) is 3.86. The molecule has 7 heteroatoms. The number of ether oxygens (including phenoxy) is 1. The number of amides is 1. The van der Waals surface area contributed by atoms with Gasteiger partial charge in [0.2, 0.25) is 0 Å². The van der Waals surface area contributed by atoms with E-state index in [0.717, 1.165) is 0 Å². The number of piperidine rings is 1. The molecule has 0 bridgehead atoms. The summed E-state index contributed by atoms with van der Waals surface area (Å²) < 4.78 is 19.2. The summed E-state index contributed by atoms with van der Waals surface area (Å²) in [6.07, 6.45) is 6.22. The first-order chi connectivity index (χ1) is 12.5. The Morgan fingerprint density at radius 2 is 1.92 bits per heavy atom. The van der Waals surface area contributed by atoms with Gasteiger partial charge in [0.1, 0.15) is 17.1 Å². The van der Waals surface area contributed by atoms with Crippen LogP contribution in [-0.2, 0) is 10.3 Å². The maximum atomic E-state index is 13.1. The molecule has 6 nitrogen and oxygen atoms in total. The number of likely N-dealkylation sites (tertiary alicyclic amines) is 1. The Kier molecular flexibility index (Phi) is 4.20. The first kappa shape index (κ1) is 17.1. The Bertz CT molecular complexity index is 791. The second-order valence-electron chi connectivity index (χ2n) is 7.07. The SMILES string of the molecule is O=C(c1cnccn1)N1CCC2(CC1)CC(O)(c1ccc(F)cc1)CO2. The van der Waals surface area contributed by atoms with Crippen LogP contribution in [0.25, 0.3) is 0 Å². The van der Waals surface area contributed by atoms with Gasteiger partial charge in [0.05, 0.1) is 18.4 Å². The molecule has 2 aliphatic rings. The van der Waals surface area contributed by atoms with Crippen molar-refractivity contribution >= 4 is 5.91 Å². The summed E-state index contributed by atoms with van der Waals surface area (Å²) in [6.45, 7) is 1.25. The summed E-state index contributed by atoms with van der Waals surface area (Å²) in [7, 11) is 0. The van der Waals surface area contributed by atoms with Gasteiger partial charge in [-0.1, -0.05) is 12.1 Å². The highest BCUT2D eigenvalue weighted by Crippen LogP contribution is 2.45. The Morgan fingerprint density at radius 1 is 1.19 bits per heavy atom. The lowest BCUT2D eigenvalue weighted by Crippen LogP contribution is -2.47. The van der Waals surface area contributed by atoms with E-state index < -0.39 is 11.2 Å². The second kappa shape index (κ2) is 6.41. The molecule has 1 N–H and O–H groups in total. The quantitative estimate of drug-likeness (QED) is 0.888. The number of hydrogen-bond donors (Lipinski definition) is 1. The number of rotatable bonds is 2. The normalized spacial score (nSPS) is 24.8. The van der Waals surface area contributed by atoms with E-state index in [4.69, 9.17) is 4.74 Å². The van der Waals surface area contributed by atoms with Crippen LogP contribution < -0.4 is 0 Å². The zero-order valence-corrected chi connectivity index (χ0v) is 14.3. The fourth-order valence-electron chi connectivity index (χ4n) is 3.86. The van der Waals surface area contributed by atoms with Crippen LogP contribution >= 0.6 is 0 Å². The zero-order valence-electron chi connectivity index (χ0n) is 14.3. The molecule has 1 atom stereocenters. The van der Waals surface area contributed by atoms with Crippen LogP contribution in [0.3, 0.4) is 0 Å².